The number of carbonyl (C=O) groups is 1. The number of likely N-dealkylation sites (tertiary alicyclic amines) is 1. The van der Waals surface area contributed by atoms with Gasteiger partial charge in [0.25, 0.3) is 0 Å². The van der Waals surface area contributed by atoms with Crippen molar-refractivity contribution in [2.45, 2.75) is 18.9 Å². The second-order valence-electron chi connectivity index (χ2n) is 4.26. The van der Waals surface area contributed by atoms with Crippen LogP contribution in [0.2, 0.25) is 0 Å². The summed E-state index contributed by atoms with van der Waals surface area (Å²) >= 11 is 0. The van der Waals surface area contributed by atoms with Gasteiger partial charge in [-0.1, -0.05) is 0 Å². The van der Waals surface area contributed by atoms with E-state index in [1.807, 2.05) is 7.05 Å². The maximum atomic E-state index is 11.5. The fourth-order valence-electron chi connectivity index (χ4n) is 1.82. The minimum atomic E-state index is -0.353. The van der Waals surface area contributed by atoms with Crippen LogP contribution in [0.5, 0.6) is 0 Å². The van der Waals surface area contributed by atoms with Gasteiger partial charge in [0.05, 0.1) is 0 Å². The van der Waals surface area contributed by atoms with Crippen molar-refractivity contribution in [1.29, 1.82) is 0 Å². The Morgan fingerprint density at radius 2 is 2.29 bits per heavy atom. The fraction of sp³-hybridized carbons (Fsp3) is 0.778. The number of nitrogens with one attached hydrogen (secondary N) is 2. The molecule has 0 radical (unpaired) electrons. The second-order valence-corrected chi connectivity index (χ2v) is 4.26. The van der Waals surface area contributed by atoms with Crippen LogP contribution in [0, 0.1) is 0 Å². The maximum absolute atomic E-state index is 11.5. The lowest BCUT2D eigenvalue weighted by Gasteiger charge is -2.30. The van der Waals surface area contributed by atoms with E-state index in [2.05, 4.69) is 20.6 Å². The number of hydrazone groups is 1. The molecule has 1 heterocycles. The van der Waals surface area contributed by atoms with Gasteiger partial charge >= 0.3 is 6.03 Å². The lowest BCUT2D eigenvalue weighted by atomic mass is 10.1. The van der Waals surface area contributed by atoms with Gasteiger partial charge < -0.3 is 16.0 Å². The molecule has 1 atom stereocenters. The quantitative estimate of drug-likeness (QED) is 0.202. The number of urea groups is 1. The van der Waals surface area contributed by atoms with Gasteiger partial charge in [-0.05, 0) is 26.4 Å². The number of piperidine rings is 1. The molecule has 1 rings (SSSR count). The third-order valence-corrected chi connectivity index (χ3v) is 2.47. The summed E-state index contributed by atoms with van der Waals surface area (Å²) in [6.45, 7) is 1.92. The zero-order valence-electron chi connectivity index (χ0n) is 10.3. The molecule has 1 saturated heterocycles. The molecule has 8 heteroatoms. The second kappa shape index (κ2) is 6.26. The van der Waals surface area contributed by atoms with Gasteiger partial charge in [-0.2, -0.15) is 0 Å². The first kappa shape index (κ1) is 13.5. The van der Waals surface area contributed by atoms with Crippen LogP contribution in [0.3, 0.4) is 0 Å². The summed E-state index contributed by atoms with van der Waals surface area (Å²) in [5, 5.41) is 9.93. The van der Waals surface area contributed by atoms with E-state index < -0.39 is 0 Å². The number of hydrazine groups is 1. The Balaban J connectivity index is 2.34. The van der Waals surface area contributed by atoms with Gasteiger partial charge in [-0.25, -0.2) is 15.8 Å². The SMILES string of the molecule is CN1CCC[C@@H](NC(=O)N/C(N)=N/N(C)N)C1. The summed E-state index contributed by atoms with van der Waals surface area (Å²) in [6.07, 6.45) is 2.06. The lowest BCUT2D eigenvalue weighted by Crippen LogP contribution is -2.52. The average Bonchev–Trinajstić information content (AvgIpc) is 2.14. The molecule has 0 aromatic carbocycles. The molecule has 1 aliphatic heterocycles. The normalized spacial score (nSPS) is 22.1. The third-order valence-electron chi connectivity index (χ3n) is 2.47. The lowest BCUT2D eigenvalue weighted by molar-refractivity contribution is 0.212. The zero-order chi connectivity index (χ0) is 12.8. The third kappa shape index (κ3) is 5.36. The number of amides is 2. The van der Waals surface area contributed by atoms with Crippen LogP contribution in [0.25, 0.3) is 0 Å². The molecule has 6 N–H and O–H groups in total. The van der Waals surface area contributed by atoms with Crippen LogP contribution >= 0.6 is 0 Å². The molecule has 2 amide bonds. The van der Waals surface area contributed by atoms with Crippen molar-refractivity contribution in [3.63, 3.8) is 0 Å². The van der Waals surface area contributed by atoms with Gasteiger partial charge in [-0.3, -0.25) is 5.32 Å². The predicted octanol–water partition coefficient (Wildman–Crippen LogP) is -1.58. The van der Waals surface area contributed by atoms with Gasteiger partial charge in [0, 0.05) is 19.6 Å². The van der Waals surface area contributed by atoms with Crippen LogP contribution < -0.4 is 22.2 Å². The number of hydrogen-bond acceptors (Lipinski definition) is 5. The minimum absolute atomic E-state index is 0.0309. The number of rotatable bonds is 2. The molecule has 0 aliphatic carbocycles. The molecule has 8 nitrogen and oxygen atoms in total. The standard InChI is InChI=1S/C9H21N7O/c1-15-5-3-4-7(6-15)12-9(17)13-8(10)14-16(2)11/h7H,3-6,11H2,1-2H3,(H4,10,12,13,14,17)/t7-/m1/s1. The molecule has 0 aromatic heterocycles. The fourth-order valence-corrected chi connectivity index (χ4v) is 1.82. The van der Waals surface area contributed by atoms with Crippen molar-refractivity contribution in [2.75, 3.05) is 27.2 Å². The van der Waals surface area contributed by atoms with Gasteiger partial charge in [0.15, 0.2) is 0 Å². The van der Waals surface area contributed by atoms with Crippen LogP contribution in [-0.2, 0) is 0 Å². The predicted molar refractivity (Wildman–Crippen MR) is 65.8 cm³/mol. The van der Waals surface area contributed by atoms with Crippen molar-refractivity contribution in [3.8, 4) is 0 Å². The highest BCUT2D eigenvalue weighted by atomic mass is 16.2. The molecule has 0 spiro atoms. The molecule has 98 valence electrons. The highest BCUT2D eigenvalue weighted by Gasteiger charge is 2.18. The molecular formula is C9H21N7O. The van der Waals surface area contributed by atoms with Gasteiger partial charge in [0.2, 0.25) is 5.96 Å². The molecule has 1 fully saturated rings. The summed E-state index contributed by atoms with van der Waals surface area (Å²) in [7, 11) is 3.55. The van der Waals surface area contributed by atoms with Crippen molar-refractivity contribution in [3.05, 3.63) is 0 Å². The van der Waals surface area contributed by atoms with E-state index in [4.69, 9.17) is 11.6 Å². The first-order valence-electron chi connectivity index (χ1n) is 5.56. The first-order valence-corrected chi connectivity index (χ1v) is 5.56. The van der Waals surface area contributed by atoms with E-state index in [9.17, 15) is 4.79 Å². The van der Waals surface area contributed by atoms with Crippen LogP contribution in [0.15, 0.2) is 5.10 Å². The van der Waals surface area contributed by atoms with Crippen LogP contribution in [0.4, 0.5) is 4.79 Å². The molecule has 1 aliphatic rings. The Labute approximate surface area is 101 Å². The van der Waals surface area contributed by atoms with E-state index in [1.54, 1.807) is 0 Å². The minimum Gasteiger partial charge on any atom is -0.368 e. The van der Waals surface area contributed by atoms with Crippen molar-refractivity contribution >= 4 is 12.0 Å². The molecule has 0 unspecified atom stereocenters. The van der Waals surface area contributed by atoms with Gasteiger partial charge in [0.1, 0.15) is 0 Å². The summed E-state index contributed by atoms with van der Waals surface area (Å²) in [5.74, 6) is 5.23. The first-order chi connectivity index (χ1) is 7.97. The highest BCUT2D eigenvalue weighted by molar-refractivity contribution is 5.95. The van der Waals surface area contributed by atoms with Gasteiger partial charge in [-0.15, -0.1) is 5.10 Å². The number of hydrogen-bond donors (Lipinski definition) is 4. The summed E-state index contributed by atoms with van der Waals surface area (Å²) < 4.78 is 0. The average molecular weight is 243 g/mol. The Morgan fingerprint density at radius 3 is 2.88 bits per heavy atom. The Bertz CT molecular complexity index is 291. The van der Waals surface area contributed by atoms with E-state index >= 15 is 0 Å². The van der Waals surface area contributed by atoms with Crippen molar-refractivity contribution < 1.29 is 4.79 Å². The highest BCUT2D eigenvalue weighted by Crippen LogP contribution is 2.07. The van der Waals surface area contributed by atoms with E-state index in [-0.39, 0.29) is 18.0 Å². The molecule has 17 heavy (non-hydrogen) atoms. The number of nitrogens with zero attached hydrogens (tertiary/aromatic N) is 3. The summed E-state index contributed by atoms with van der Waals surface area (Å²) in [6, 6.07) is -0.203. The number of nitrogens with two attached hydrogens (primary N) is 2. The molecule has 0 saturated carbocycles. The van der Waals surface area contributed by atoms with Crippen molar-refractivity contribution in [2.24, 2.45) is 16.7 Å². The van der Waals surface area contributed by atoms with E-state index in [0.29, 0.717) is 0 Å². The van der Waals surface area contributed by atoms with E-state index in [1.165, 1.54) is 7.05 Å². The Morgan fingerprint density at radius 1 is 1.59 bits per heavy atom. The smallest absolute Gasteiger partial charge is 0.321 e. The molecule has 0 bridgehead atoms. The monoisotopic (exact) mass is 243 g/mol. The number of carbonyl (C=O) groups excluding carboxylic acids is 1. The van der Waals surface area contributed by atoms with Crippen molar-refractivity contribution in [1.82, 2.24) is 20.7 Å². The topological polar surface area (TPSA) is 112 Å². The number of likely N-dealkylation sites (N-methyl/N-ethyl adjacent to an activating group) is 1. The summed E-state index contributed by atoms with van der Waals surface area (Å²) in [5.41, 5.74) is 5.45. The molecular weight excluding hydrogens is 222 g/mol. The maximum Gasteiger partial charge on any atom is 0.321 e. The zero-order valence-corrected chi connectivity index (χ0v) is 10.3. The molecule has 0 aromatic rings. The Kier molecular flexibility index (Phi) is 4.98. The van der Waals surface area contributed by atoms with Crippen LogP contribution in [0.1, 0.15) is 12.8 Å². The Hall–Kier alpha value is -1.54. The number of guanidine groups is 1. The van der Waals surface area contributed by atoms with Crippen LogP contribution in [-0.4, -0.2) is 55.2 Å². The summed E-state index contributed by atoms with van der Waals surface area (Å²) in [4.78, 5) is 13.7. The van der Waals surface area contributed by atoms with E-state index in [0.717, 1.165) is 31.0 Å². The largest absolute Gasteiger partial charge is 0.368 e.